The first-order valence-electron chi connectivity index (χ1n) is 12.1. The zero-order chi connectivity index (χ0) is 24.2. The fourth-order valence-electron chi connectivity index (χ4n) is 3.45. The molecule has 0 aromatic heterocycles. The van der Waals surface area contributed by atoms with Crippen LogP contribution in [-0.2, 0) is 28.5 Å². The van der Waals surface area contributed by atoms with Crippen LogP contribution in [0.1, 0.15) is 73.6 Å². The lowest BCUT2D eigenvalue weighted by atomic mass is 9.93. The predicted molar refractivity (Wildman–Crippen MR) is 126 cm³/mol. The lowest BCUT2D eigenvalue weighted by molar-refractivity contribution is -0.172. The minimum atomic E-state index is -0.740. The Balaban J connectivity index is 2.28. The number of nitrogens with one attached hydrogen (secondary N) is 1. The molecule has 1 aliphatic heterocycles. The van der Waals surface area contributed by atoms with E-state index in [9.17, 15) is 9.90 Å². The van der Waals surface area contributed by atoms with Gasteiger partial charge in [0, 0.05) is 19.6 Å². The molecule has 1 fully saturated rings. The second-order valence-corrected chi connectivity index (χ2v) is 9.81. The summed E-state index contributed by atoms with van der Waals surface area (Å²) in [5.41, 5.74) is -0.773. The fraction of sp³-hybridized carbons (Fsp3) is 0.957. The number of aliphatic hydroxyl groups excluding tert-OH is 1. The summed E-state index contributed by atoms with van der Waals surface area (Å²) in [6.07, 6.45) is 2.21. The number of aliphatic hydroxyl groups is 1. The van der Waals surface area contributed by atoms with Crippen molar-refractivity contribution in [3.63, 3.8) is 0 Å². The van der Waals surface area contributed by atoms with Gasteiger partial charge < -0.3 is 34.1 Å². The lowest BCUT2D eigenvalue weighted by Gasteiger charge is -2.30. The standard InChI is InChI=1S/C23H46BNO7/c1-7-9-18(26)25-12-10-22(3,4)30-14-11-23(5,6)31-16-29-20-19(27)17(32-21(20)24)15-28-13-8-2/h17,19-21,27H,7-16,24H2,1-6H3,(H,25,26). The van der Waals surface area contributed by atoms with Gasteiger partial charge >= 0.3 is 0 Å². The van der Waals surface area contributed by atoms with Crippen molar-refractivity contribution >= 4 is 13.8 Å². The summed E-state index contributed by atoms with van der Waals surface area (Å²) in [6, 6.07) is -0.228. The van der Waals surface area contributed by atoms with E-state index in [0.29, 0.717) is 39.2 Å². The number of amides is 1. The second kappa shape index (κ2) is 14.5. The van der Waals surface area contributed by atoms with Crippen molar-refractivity contribution in [1.82, 2.24) is 5.32 Å². The molecule has 0 aromatic rings. The topological polar surface area (TPSA) is 95.5 Å². The van der Waals surface area contributed by atoms with Gasteiger partial charge in [0.2, 0.25) is 5.91 Å². The van der Waals surface area contributed by atoms with Crippen LogP contribution in [0.2, 0.25) is 0 Å². The Morgan fingerprint density at radius 3 is 2.41 bits per heavy atom. The third-order valence-corrected chi connectivity index (χ3v) is 5.63. The van der Waals surface area contributed by atoms with Crippen LogP contribution >= 0.6 is 0 Å². The van der Waals surface area contributed by atoms with Gasteiger partial charge in [0.15, 0.2) is 0 Å². The summed E-state index contributed by atoms with van der Waals surface area (Å²) in [6.45, 7) is 14.3. The number of hydrogen-bond donors (Lipinski definition) is 2. The van der Waals surface area contributed by atoms with Gasteiger partial charge in [0.25, 0.3) is 0 Å². The van der Waals surface area contributed by atoms with Gasteiger partial charge in [0.1, 0.15) is 33.0 Å². The highest BCUT2D eigenvalue weighted by Gasteiger charge is 2.42. The number of hydrogen-bond acceptors (Lipinski definition) is 7. The Labute approximate surface area is 195 Å². The third-order valence-electron chi connectivity index (χ3n) is 5.63. The maximum atomic E-state index is 11.6. The molecule has 2 N–H and O–H groups in total. The molecule has 8 nitrogen and oxygen atoms in total. The Hall–Kier alpha value is -0.705. The van der Waals surface area contributed by atoms with Crippen LogP contribution < -0.4 is 5.32 Å². The average molecular weight is 459 g/mol. The van der Waals surface area contributed by atoms with Crippen molar-refractivity contribution in [1.29, 1.82) is 0 Å². The van der Waals surface area contributed by atoms with Crippen molar-refractivity contribution in [2.24, 2.45) is 0 Å². The molecule has 1 amide bonds. The smallest absolute Gasteiger partial charge is 0.219 e. The zero-order valence-corrected chi connectivity index (χ0v) is 21.3. The van der Waals surface area contributed by atoms with E-state index in [1.807, 2.05) is 49.4 Å². The van der Waals surface area contributed by atoms with Crippen molar-refractivity contribution in [2.45, 2.75) is 109 Å². The lowest BCUT2D eigenvalue weighted by Crippen LogP contribution is -2.39. The van der Waals surface area contributed by atoms with Gasteiger partial charge in [-0.05, 0) is 53.4 Å². The zero-order valence-electron chi connectivity index (χ0n) is 21.3. The minimum Gasteiger partial charge on any atom is -0.388 e. The van der Waals surface area contributed by atoms with Crippen LogP contribution in [0.4, 0.5) is 0 Å². The van der Waals surface area contributed by atoms with E-state index in [0.717, 1.165) is 19.3 Å². The summed E-state index contributed by atoms with van der Waals surface area (Å²) in [7, 11) is 1.89. The largest absolute Gasteiger partial charge is 0.388 e. The van der Waals surface area contributed by atoms with Crippen LogP contribution in [0, 0.1) is 0 Å². The molecule has 1 aliphatic rings. The quantitative estimate of drug-likeness (QED) is 0.194. The van der Waals surface area contributed by atoms with E-state index < -0.39 is 17.8 Å². The Morgan fingerprint density at radius 2 is 1.75 bits per heavy atom. The molecule has 32 heavy (non-hydrogen) atoms. The average Bonchev–Trinajstić information content (AvgIpc) is 2.95. The molecule has 0 radical (unpaired) electrons. The van der Waals surface area contributed by atoms with E-state index in [-0.39, 0.29) is 30.4 Å². The van der Waals surface area contributed by atoms with E-state index >= 15 is 0 Å². The predicted octanol–water partition coefficient (Wildman–Crippen LogP) is 1.76. The van der Waals surface area contributed by atoms with Crippen molar-refractivity contribution in [2.75, 3.05) is 33.2 Å². The van der Waals surface area contributed by atoms with Crippen LogP contribution in [0.3, 0.4) is 0 Å². The Bertz CT molecular complexity index is 532. The summed E-state index contributed by atoms with van der Waals surface area (Å²) in [5.74, 6) is 0.0877. The van der Waals surface area contributed by atoms with Crippen molar-refractivity contribution in [3.05, 3.63) is 0 Å². The SMILES string of the molecule is BC1OC(COCCC)C(O)C1OCOC(C)(C)CCOC(C)(C)CCNC(=O)CCC. The Morgan fingerprint density at radius 1 is 1.06 bits per heavy atom. The highest BCUT2D eigenvalue weighted by Crippen LogP contribution is 2.24. The fourth-order valence-corrected chi connectivity index (χ4v) is 3.45. The maximum absolute atomic E-state index is 11.6. The monoisotopic (exact) mass is 459 g/mol. The molecule has 188 valence electrons. The van der Waals surface area contributed by atoms with E-state index in [2.05, 4.69) is 5.32 Å². The molecule has 1 saturated heterocycles. The Kier molecular flexibility index (Phi) is 13.3. The normalized spacial score (nSPS) is 24.1. The van der Waals surface area contributed by atoms with Gasteiger partial charge in [-0.15, -0.1) is 0 Å². The first-order chi connectivity index (χ1) is 15.0. The molecule has 0 spiro atoms. The molecule has 4 unspecified atom stereocenters. The third kappa shape index (κ3) is 11.4. The molecule has 4 atom stereocenters. The molecule has 1 rings (SSSR count). The molecule has 0 saturated carbocycles. The summed E-state index contributed by atoms with van der Waals surface area (Å²) in [4.78, 5) is 11.6. The van der Waals surface area contributed by atoms with E-state index in [1.165, 1.54) is 0 Å². The van der Waals surface area contributed by atoms with Crippen LogP contribution in [-0.4, -0.2) is 87.5 Å². The van der Waals surface area contributed by atoms with Crippen LogP contribution in [0.5, 0.6) is 0 Å². The summed E-state index contributed by atoms with van der Waals surface area (Å²) in [5, 5.41) is 13.4. The van der Waals surface area contributed by atoms with Gasteiger partial charge in [-0.3, -0.25) is 4.79 Å². The van der Waals surface area contributed by atoms with Crippen LogP contribution in [0.15, 0.2) is 0 Å². The molecule has 0 aromatic carbocycles. The van der Waals surface area contributed by atoms with Gasteiger partial charge in [-0.25, -0.2) is 0 Å². The van der Waals surface area contributed by atoms with Crippen LogP contribution in [0.25, 0.3) is 0 Å². The summed E-state index contributed by atoms with van der Waals surface area (Å²) < 4.78 is 29.0. The van der Waals surface area contributed by atoms with Gasteiger partial charge in [-0.2, -0.15) is 0 Å². The number of ether oxygens (including phenoxy) is 5. The molecule has 0 aliphatic carbocycles. The van der Waals surface area contributed by atoms with E-state index in [4.69, 9.17) is 23.7 Å². The summed E-state index contributed by atoms with van der Waals surface area (Å²) >= 11 is 0. The molecular formula is C23H46BNO7. The number of carbonyl (C=O) groups is 1. The van der Waals surface area contributed by atoms with Gasteiger partial charge in [-0.1, -0.05) is 13.8 Å². The highest BCUT2D eigenvalue weighted by atomic mass is 16.7. The minimum absolute atomic E-state index is 0.0673. The number of rotatable bonds is 17. The second-order valence-electron chi connectivity index (χ2n) is 9.81. The van der Waals surface area contributed by atoms with Crippen molar-refractivity contribution < 1.29 is 33.6 Å². The first kappa shape index (κ1) is 29.3. The van der Waals surface area contributed by atoms with Gasteiger partial charge in [0.05, 0.1) is 30.4 Å². The van der Waals surface area contributed by atoms with Crippen molar-refractivity contribution in [3.8, 4) is 0 Å². The number of carbonyl (C=O) groups excluding carboxylic acids is 1. The molecular weight excluding hydrogens is 413 g/mol. The van der Waals surface area contributed by atoms with E-state index in [1.54, 1.807) is 0 Å². The maximum Gasteiger partial charge on any atom is 0.219 e. The molecule has 9 heteroatoms. The highest BCUT2D eigenvalue weighted by molar-refractivity contribution is 6.11. The molecule has 1 heterocycles. The molecule has 0 bridgehead atoms. The first-order valence-corrected chi connectivity index (χ1v) is 12.1.